The molecule has 1 aromatic carbocycles. The van der Waals surface area contributed by atoms with Gasteiger partial charge in [0.15, 0.2) is 0 Å². The fraction of sp³-hybridized carbons (Fsp3) is 0.474. The molecule has 1 aliphatic heterocycles. The number of nitrogens with zero attached hydrogens (tertiary/aromatic N) is 2. The first-order valence-corrected chi connectivity index (χ1v) is 8.90. The number of aryl methyl sites for hydroxylation is 1. The molecule has 0 aliphatic carbocycles. The van der Waals surface area contributed by atoms with Crippen molar-refractivity contribution < 1.29 is 9.53 Å². The molecule has 25 heavy (non-hydrogen) atoms. The lowest BCUT2D eigenvalue weighted by Gasteiger charge is -2.31. The first kappa shape index (κ1) is 17.3. The number of amides is 2. The van der Waals surface area contributed by atoms with E-state index in [2.05, 4.69) is 15.3 Å². The van der Waals surface area contributed by atoms with Crippen molar-refractivity contribution in [2.45, 2.75) is 39.2 Å². The van der Waals surface area contributed by atoms with Crippen LogP contribution in [0.15, 0.2) is 30.7 Å². The van der Waals surface area contributed by atoms with Crippen molar-refractivity contribution in [1.29, 1.82) is 0 Å². The van der Waals surface area contributed by atoms with Gasteiger partial charge in [-0.3, -0.25) is 0 Å². The van der Waals surface area contributed by atoms with Crippen LogP contribution in [0.25, 0.3) is 0 Å². The smallest absolute Gasteiger partial charge is 0.317 e. The quantitative estimate of drug-likeness (QED) is 0.876. The summed E-state index contributed by atoms with van der Waals surface area (Å²) in [5.74, 6) is 1.31. The Morgan fingerprint density at radius 3 is 2.88 bits per heavy atom. The minimum Gasteiger partial charge on any atom is -0.494 e. The van der Waals surface area contributed by atoms with Crippen molar-refractivity contribution in [3.63, 3.8) is 0 Å². The van der Waals surface area contributed by atoms with Crippen LogP contribution in [0.3, 0.4) is 0 Å². The molecule has 2 aromatic rings. The number of rotatable bonds is 5. The van der Waals surface area contributed by atoms with Gasteiger partial charge in [-0.2, -0.15) is 0 Å². The predicted octanol–water partition coefficient (Wildman–Crippen LogP) is 3.21. The molecule has 1 aromatic heterocycles. The normalized spacial score (nSPS) is 15.2. The second-order valence-electron chi connectivity index (χ2n) is 6.47. The molecule has 1 aliphatic rings. The Hall–Kier alpha value is -2.50. The standard InChI is InChI=1S/C19H26N4O2/c1-3-25-18-10-14(2)4-5-16(18)11-21-19(24)23-8-6-15(7-9-23)17-12-20-13-22-17/h4-5,10,12-13,15H,3,6-9,11H2,1-2H3,(H,20,22)(H,21,24). The number of hydrogen-bond acceptors (Lipinski definition) is 3. The average Bonchev–Trinajstić information content (AvgIpc) is 3.16. The van der Waals surface area contributed by atoms with Gasteiger partial charge in [0.25, 0.3) is 0 Å². The van der Waals surface area contributed by atoms with Crippen LogP contribution in [0.1, 0.15) is 42.5 Å². The Morgan fingerprint density at radius 1 is 1.40 bits per heavy atom. The monoisotopic (exact) mass is 342 g/mol. The molecule has 3 rings (SSSR count). The van der Waals surface area contributed by atoms with E-state index in [1.54, 1.807) is 6.33 Å². The summed E-state index contributed by atoms with van der Waals surface area (Å²) in [6, 6.07) is 6.07. The highest BCUT2D eigenvalue weighted by Crippen LogP contribution is 2.26. The van der Waals surface area contributed by atoms with Crippen molar-refractivity contribution in [2.24, 2.45) is 0 Å². The van der Waals surface area contributed by atoms with Crippen LogP contribution in [0.4, 0.5) is 4.79 Å². The molecule has 0 bridgehead atoms. The Bertz CT molecular complexity index is 691. The van der Waals surface area contributed by atoms with Crippen molar-refractivity contribution in [3.8, 4) is 5.75 Å². The summed E-state index contributed by atoms with van der Waals surface area (Å²) in [7, 11) is 0. The molecule has 0 saturated carbocycles. The fourth-order valence-corrected chi connectivity index (χ4v) is 3.26. The molecule has 1 saturated heterocycles. The van der Waals surface area contributed by atoms with E-state index in [1.165, 1.54) is 5.69 Å². The van der Waals surface area contributed by atoms with Crippen LogP contribution in [0, 0.1) is 6.92 Å². The number of hydrogen-bond donors (Lipinski definition) is 2. The molecule has 2 amide bonds. The second-order valence-corrected chi connectivity index (χ2v) is 6.47. The zero-order valence-electron chi connectivity index (χ0n) is 14.9. The van der Waals surface area contributed by atoms with Gasteiger partial charge in [-0.05, 0) is 38.3 Å². The highest BCUT2D eigenvalue weighted by molar-refractivity contribution is 5.74. The highest BCUT2D eigenvalue weighted by Gasteiger charge is 2.24. The minimum absolute atomic E-state index is 0.00826. The summed E-state index contributed by atoms with van der Waals surface area (Å²) >= 11 is 0. The van der Waals surface area contributed by atoms with Gasteiger partial charge in [0.05, 0.1) is 12.9 Å². The predicted molar refractivity (Wildman–Crippen MR) is 96.7 cm³/mol. The molecule has 0 radical (unpaired) electrons. The molecule has 0 spiro atoms. The number of likely N-dealkylation sites (tertiary alicyclic amines) is 1. The molecule has 0 atom stereocenters. The summed E-state index contributed by atoms with van der Waals surface area (Å²) in [6.45, 7) is 6.63. The van der Waals surface area contributed by atoms with E-state index in [0.29, 0.717) is 19.1 Å². The number of aromatic amines is 1. The molecule has 2 N–H and O–H groups in total. The topological polar surface area (TPSA) is 70.2 Å². The van der Waals surface area contributed by atoms with Crippen LogP contribution in [-0.4, -0.2) is 40.6 Å². The van der Waals surface area contributed by atoms with Gasteiger partial charge in [0.1, 0.15) is 5.75 Å². The lowest BCUT2D eigenvalue weighted by Crippen LogP contribution is -2.43. The number of benzene rings is 1. The van der Waals surface area contributed by atoms with E-state index in [4.69, 9.17) is 4.74 Å². The van der Waals surface area contributed by atoms with Crippen LogP contribution < -0.4 is 10.1 Å². The number of imidazole rings is 1. The molecule has 1 fully saturated rings. The second kappa shape index (κ2) is 8.05. The molecule has 2 heterocycles. The SMILES string of the molecule is CCOc1cc(C)ccc1CNC(=O)N1CCC(c2cnc[nH]2)CC1. The number of aromatic nitrogens is 2. The maximum atomic E-state index is 12.5. The lowest BCUT2D eigenvalue weighted by molar-refractivity contribution is 0.180. The van der Waals surface area contributed by atoms with E-state index in [0.717, 1.165) is 42.8 Å². The minimum atomic E-state index is -0.00826. The average molecular weight is 342 g/mol. The van der Waals surface area contributed by atoms with Crippen LogP contribution in [-0.2, 0) is 6.54 Å². The van der Waals surface area contributed by atoms with E-state index in [9.17, 15) is 4.79 Å². The number of urea groups is 1. The van der Waals surface area contributed by atoms with E-state index >= 15 is 0 Å². The summed E-state index contributed by atoms with van der Waals surface area (Å²) in [6.07, 6.45) is 5.52. The molecule has 6 heteroatoms. The van der Waals surface area contributed by atoms with E-state index < -0.39 is 0 Å². The molecular formula is C19H26N4O2. The van der Waals surface area contributed by atoms with Gasteiger partial charge < -0.3 is 19.9 Å². The maximum Gasteiger partial charge on any atom is 0.317 e. The number of nitrogens with one attached hydrogen (secondary N) is 2. The largest absolute Gasteiger partial charge is 0.494 e. The van der Waals surface area contributed by atoms with E-state index in [1.807, 2.05) is 43.1 Å². The molecule has 134 valence electrons. The van der Waals surface area contributed by atoms with Crippen LogP contribution >= 0.6 is 0 Å². The van der Waals surface area contributed by atoms with Gasteiger partial charge in [0, 0.05) is 43.0 Å². The van der Waals surface area contributed by atoms with Crippen LogP contribution in [0.2, 0.25) is 0 Å². The Kier molecular flexibility index (Phi) is 5.58. The lowest BCUT2D eigenvalue weighted by atomic mass is 9.94. The first-order chi connectivity index (χ1) is 12.2. The summed E-state index contributed by atoms with van der Waals surface area (Å²) in [5.41, 5.74) is 3.33. The van der Waals surface area contributed by atoms with Gasteiger partial charge in [-0.25, -0.2) is 9.78 Å². The van der Waals surface area contributed by atoms with Crippen molar-refractivity contribution in [1.82, 2.24) is 20.2 Å². The third kappa shape index (κ3) is 4.32. The van der Waals surface area contributed by atoms with Crippen LogP contribution in [0.5, 0.6) is 5.75 Å². The van der Waals surface area contributed by atoms with Crippen molar-refractivity contribution in [3.05, 3.63) is 47.5 Å². The highest BCUT2D eigenvalue weighted by atomic mass is 16.5. The van der Waals surface area contributed by atoms with E-state index in [-0.39, 0.29) is 6.03 Å². The molecule has 6 nitrogen and oxygen atoms in total. The number of piperidine rings is 1. The summed E-state index contributed by atoms with van der Waals surface area (Å²) in [5, 5.41) is 3.02. The van der Waals surface area contributed by atoms with Gasteiger partial charge in [-0.15, -0.1) is 0 Å². The summed E-state index contributed by atoms with van der Waals surface area (Å²) < 4.78 is 5.68. The maximum absolute atomic E-state index is 12.5. The molecular weight excluding hydrogens is 316 g/mol. The Balaban J connectivity index is 1.52. The number of ether oxygens (including phenoxy) is 1. The Labute approximate surface area is 148 Å². The van der Waals surface area contributed by atoms with Gasteiger partial charge >= 0.3 is 6.03 Å². The van der Waals surface area contributed by atoms with Crippen molar-refractivity contribution >= 4 is 6.03 Å². The summed E-state index contributed by atoms with van der Waals surface area (Å²) in [4.78, 5) is 21.6. The zero-order valence-corrected chi connectivity index (χ0v) is 14.9. The third-order valence-corrected chi connectivity index (χ3v) is 4.69. The van der Waals surface area contributed by atoms with Crippen molar-refractivity contribution in [2.75, 3.05) is 19.7 Å². The Morgan fingerprint density at radius 2 is 2.20 bits per heavy atom. The van der Waals surface area contributed by atoms with Gasteiger partial charge in [0.2, 0.25) is 0 Å². The number of H-pyrrole nitrogens is 1. The van der Waals surface area contributed by atoms with Gasteiger partial charge in [-0.1, -0.05) is 12.1 Å². The number of carbonyl (C=O) groups excluding carboxylic acids is 1. The third-order valence-electron chi connectivity index (χ3n) is 4.69. The fourth-order valence-electron chi connectivity index (χ4n) is 3.26. The first-order valence-electron chi connectivity index (χ1n) is 8.90. The molecule has 0 unspecified atom stereocenters. The zero-order chi connectivity index (χ0) is 17.6. The number of carbonyl (C=O) groups is 1.